The summed E-state index contributed by atoms with van der Waals surface area (Å²) in [6.07, 6.45) is 6.74. The first-order chi connectivity index (χ1) is 22.2. The van der Waals surface area contributed by atoms with E-state index in [0.717, 1.165) is 32.1 Å². The van der Waals surface area contributed by atoms with Crippen molar-refractivity contribution in [2.75, 3.05) is 0 Å². The van der Waals surface area contributed by atoms with Gasteiger partial charge in [0.25, 0.3) is 0 Å². The van der Waals surface area contributed by atoms with E-state index in [9.17, 15) is 0 Å². The lowest BCUT2D eigenvalue weighted by Crippen LogP contribution is -2.51. The van der Waals surface area contributed by atoms with Gasteiger partial charge in [0.2, 0.25) is 0 Å². The molecular weight excluding hydrogens is 553 g/mol. The molecule has 0 aromatic heterocycles. The van der Waals surface area contributed by atoms with Gasteiger partial charge in [0, 0.05) is 0 Å². The van der Waals surface area contributed by atoms with Crippen LogP contribution >= 0.6 is 0 Å². The zero-order valence-electron chi connectivity index (χ0n) is 28.8. The molecule has 5 rings (SSSR count). The smallest absolute Gasteiger partial charge is 0.00385 e. The van der Waals surface area contributed by atoms with Crippen molar-refractivity contribution in [1.29, 1.82) is 0 Å². The Labute approximate surface area is 279 Å². The molecule has 0 bridgehead atoms. The third-order valence-corrected chi connectivity index (χ3v) is 11.3. The van der Waals surface area contributed by atoms with Gasteiger partial charge in [-0.15, -0.1) is 0 Å². The van der Waals surface area contributed by atoms with Crippen LogP contribution < -0.4 is 0 Å². The fourth-order valence-electron chi connectivity index (χ4n) is 8.59. The Kier molecular flexibility index (Phi) is 11.0. The highest BCUT2D eigenvalue weighted by Gasteiger charge is 2.54. The topological polar surface area (TPSA) is 0 Å². The van der Waals surface area contributed by atoms with Gasteiger partial charge in [0.1, 0.15) is 0 Å². The summed E-state index contributed by atoms with van der Waals surface area (Å²) >= 11 is 0. The SMILES string of the molecule is CC(Cc1ccccc1)C(CCc1ccccc1)(C(CCCC(C)(C)c1ccccc1)c1ccccc1)C(C)(C)c1ccccc1. The quantitative estimate of drug-likeness (QED) is 0.111. The van der Waals surface area contributed by atoms with E-state index in [1.807, 2.05) is 0 Å². The highest BCUT2D eigenvalue weighted by atomic mass is 14.6. The van der Waals surface area contributed by atoms with Crippen LogP contribution in [0.3, 0.4) is 0 Å². The monoisotopic (exact) mass is 606 g/mol. The standard InChI is InChI=1S/C46H54/c1-37(36-39-24-13-7-14-25-39)46(35-33-38-22-11-6-12-23-38,45(4,5)42-30-19-10-20-31-42)43(40-26-15-8-16-27-40)32-21-34-44(2,3)41-28-17-9-18-29-41/h6-20,22-31,37,43H,21,32-36H2,1-5H3. The van der Waals surface area contributed by atoms with Crippen LogP contribution in [0, 0.1) is 11.3 Å². The van der Waals surface area contributed by atoms with Gasteiger partial charge >= 0.3 is 0 Å². The van der Waals surface area contributed by atoms with Crippen LogP contribution in [0.25, 0.3) is 0 Å². The van der Waals surface area contributed by atoms with Crippen LogP contribution in [-0.4, -0.2) is 0 Å². The zero-order valence-corrected chi connectivity index (χ0v) is 28.8. The summed E-state index contributed by atoms with van der Waals surface area (Å²) in [5.41, 5.74) is 7.22. The minimum absolute atomic E-state index is 0.0295. The van der Waals surface area contributed by atoms with Crippen LogP contribution in [0.15, 0.2) is 152 Å². The number of benzene rings is 5. The number of rotatable bonds is 15. The summed E-state index contributed by atoms with van der Waals surface area (Å²) in [6.45, 7) is 12.5. The van der Waals surface area contributed by atoms with E-state index < -0.39 is 0 Å². The van der Waals surface area contributed by atoms with Crippen LogP contribution in [0.2, 0.25) is 0 Å². The summed E-state index contributed by atoms with van der Waals surface area (Å²) in [5.74, 6) is 0.819. The van der Waals surface area contributed by atoms with Gasteiger partial charge < -0.3 is 0 Å². The van der Waals surface area contributed by atoms with Gasteiger partial charge in [-0.05, 0) is 88.0 Å². The molecular formula is C46H54. The maximum Gasteiger partial charge on any atom is -0.00385 e. The second-order valence-electron chi connectivity index (χ2n) is 14.7. The molecule has 0 saturated heterocycles. The minimum atomic E-state index is -0.0906. The van der Waals surface area contributed by atoms with Gasteiger partial charge in [-0.1, -0.05) is 193 Å². The van der Waals surface area contributed by atoms with E-state index in [4.69, 9.17) is 0 Å². The lowest BCUT2D eigenvalue weighted by Gasteiger charge is -2.57. The summed E-state index contributed by atoms with van der Waals surface area (Å²) in [6, 6.07) is 56.4. The fraction of sp³-hybridized carbons (Fsp3) is 0.348. The Bertz CT molecular complexity index is 1570. The summed E-state index contributed by atoms with van der Waals surface area (Å²) < 4.78 is 0. The molecule has 0 aliphatic carbocycles. The molecule has 0 radical (unpaired) electrons. The molecule has 0 heterocycles. The van der Waals surface area contributed by atoms with Gasteiger partial charge in [0.05, 0.1) is 0 Å². The second kappa shape index (κ2) is 15.1. The maximum absolute atomic E-state index is 2.56. The molecule has 0 aliphatic rings. The average molecular weight is 607 g/mol. The predicted molar refractivity (Wildman–Crippen MR) is 198 cm³/mol. The van der Waals surface area contributed by atoms with Crippen molar-refractivity contribution in [2.45, 2.75) is 89.9 Å². The first-order valence-electron chi connectivity index (χ1n) is 17.5. The molecule has 0 heteroatoms. The normalized spacial score (nSPS) is 14.7. The first-order valence-corrected chi connectivity index (χ1v) is 17.5. The van der Waals surface area contributed by atoms with Crippen molar-refractivity contribution in [2.24, 2.45) is 11.3 Å². The van der Waals surface area contributed by atoms with Crippen molar-refractivity contribution in [1.82, 2.24) is 0 Å². The predicted octanol–water partition coefficient (Wildman–Crippen LogP) is 12.4. The maximum atomic E-state index is 2.56. The van der Waals surface area contributed by atoms with Crippen molar-refractivity contribution in [3.05, 3.63) is 179 Å². The van der Waals surface area contributed by atoms with Crippen molar-refractivity contribution >= 4 is 0 Å². The van der Waals surface area contributed by atoms with Crippen LogP contribution in [-0.2, 0) is 23.7 Å². The van der Waals surface area contributed by atoms with E-state index in [1.165, 1.54) is 34.2 Å². The lowest BCUT2D eigenvalue weighted by atomic mass is 9.47. The van der Waals surface area contributed by atoms with Crippen molar-refractivity contribution < 1.29 is 0 Å². The molecule has 5 aromatic carbocycles. The highest BCUT2D eigenvalue weighted by molar-refractivity contribution is 5.34. The summed E-state index contributed by atoms with van der Waals surface area (Å²) in [4.78, 5) is 0. The Morgan fingerprint density at radius 1 is 0.500 bits per heavy atom. The lowest BCUT2D eigenvalue weighted by molar-refractivity contribution is 0.0174. The fourth-order valence-corrected chi connectivity index (χ4v) is 8.59. The van der Waals surface area contributed by atoms with Gasteiger partial charge in [-0.3, -0.25) is 0 Å². The molecule has 0 aliphatic heterocycles. The third kappa shape index (κ3) is 7.55. The average Bonchev–Trinajstić information content (AvgIpc) is 3.09. The van der Waals surface area contributed by atoms with Crippen molar-refractivity contribution in [3.63, 3.8) is 0 Å². The van der Waals surface area contributed by atoms with Crippen LogP contribution in [0.5, 0.6) is 0 Å². The second-order valence-corrected chi connectivity index (χ2v) is 14.7. The largest absolute Gasteiger partial charge is 0.0622 e. The van der Waals surface area contributed by atoms with E-state index in [-0.39, 0.29) is 16.2 Å². The summed E-state index contributed by atoms with van der Waals surface area (Å²) in [7, 11) is 0. The minimum Gasteiger partial charge on any atom is -0.0622 e. The Hall–Kier alpha value is -3.90. The van der Waals surface area contributed by atoms with E-state index in [0.29, 0.717) is 11.8 Å². The molecule has 5 aromatic rings. The van der Waals surface area contributed by atoms with Crippen molar-refractivity contribution in [3.8, 4) is 0 Å². The molecule has 0 amide bonds. The first kappa shape index (κ1) is 33.5. The van der Waals surface area contributed by atoms with E-state index in [2.05, 4.69) is 186 Å². The molecule has 3 unspecified atom stereocenters. The number of hydrogen-bond acceptors (Lipinski definition) is 0. The van der Waals surface area contributed by atoms with Gasteiger partial charge in [-0.2, -0.15) is 0 Å². The Balaban J connectivity index is 1.64. The van der Waals surface area contributed by atoms with E-state index >= 15 is 0 Å². The molecule has 0 N–H and O–H groups in total. The number of hydrogen-bond donors (Lipinski definition) is 0. The Morgan fingerprint density at radius 2 is 0.957 bits per heavy atom. The van der Waals surface area contributed by atoms with E-state index in [1.54, 1.807) is 0 Å². The Morgan fingerprint density at radius 3 is 1.50 bits per heavy atom. The molecule has 0 spiro atoms. The van der Waals surface area contributed by atoms with Gasteiger partial charge in [-0.25, -0.2) is 0 Å². The molecule has 0 nitrogen and oxygen atoms in total. The molecule has 238 valence electrons. The molecule has 0 saturated carbocycles. The molecule has 46 heavy (non-hydrogen) atoms. The summed E-state index contributed by atoms with van der Waals surface area (Å²) in [5, 5.41) is 0. The molecule has 3 atom stereocenters. The van der Waals surface area contributed by atoms with Crippen LogP contribution in [0.4, 0.5) is 0 Å². The molecule has 0 fully saturated rings. The number of aryl methyl sites for hydroxylation is 1. The highest BCUT2D eigenvalue weighted by Crippen LogP contribution is 2.60. The third-order valence-electron chi connectivity index (χ3n) is 11.3. The zero-order chi connectivity index (χ0) is 32.5. The van der Waals surface area contributed by atoms with Crippen LogP contribution in [0.1, 0.15) is 94.0 Å². The van der Waals surface area contributed by atoms with Gasteiger partial charge in [0.15, 0.2) is 0 Å².